The van der Waals surface area contributed by atoms with E-state index in [0.29, 0.717) is 5.56 Å². The van der Waals surface area contributed by atoms with Gasteiger partial charge in [-0.3, -0.25) is 24.1 Å². The average Bonchev–Trinajstić information content (AvgIpc) is 2.45. The quantitative estimate of drug-likeness (QED) is 0.456. The lowest BCUT2D eigenvalue weighted by Gasteiger charge is -2.32. The summed E-state index contributed by atoms with van der Waals surface area (Å²) in [5.41, 5.74) is 4.64. The summed E-state index contributed by atoms with van der Waals surface area (Å²) in [5, 5.41) is 9.17. The molecule has 1 aliphatic heterocycles. The Labute approximate surface area is 125 Å². The van der Waals surface area contributed by atoms with Crippen LogP contribution in [0.25, 0.3) is 0 Å². The molecule has 1 aromatic rings. The molecule has 1 saturated heterocycles. The number of benzene rings is 1. The molecule has 1 fully saturated rings. The first-order chi connectivity index (χ1) is 10.3. The van der Waals surface area contributed by atoms with Gasteiger partial charge in [-0.25, -0.2) is 4.39 Å². The summed E-state index contributed by atoms with van der Waals surface area (Å²) >= 11 is 0. The molecule has 0 saturated carbocycles. The number of primary amides is 1. The number of amides is 3. The first-order valence-electron chi connectivity index (χ1n) is 6.27. The number of carboxylic acids is 1. The predicted octanol–water partition coefficient (Wildman–Crippen LogP) is 0.100. The topological polar surface area (TPSA) is 118 Å². The van der Waals surface area contributed by atoms with Crippen LogP contribution in [0.5, 0.6) is 0 Å². The summed E-state index contributed by atoms with van der Waals surface area (Å²) in [6.45, 7) is 0. The molecule has 1 aliphatic rings. The predicted molar refractivity (Wildman–Crippen MR) is 72.9 cm³/mol. The fourth-order valence-corrected chi connectivity index (χ4v) is 2.24. The van der Waals surface area contributed by atoms with E-state index in [4.69, 9.17) is 9.90 Å². The van der Waals surface area contributed by atoms with Gasteiger partial charge in [-0.05, 0) is 17.7 Å². The Morgan fingerprint density at radius 1 is 1.36 bits per heavy atom. The van der Waals surface area contributed by atoms with Gasteiger partial charge < -0.3 is 10.8 Å². The van der Waals surface area contributed by atoms with E-state index in [-0.39, 0.29) is 12.8 Å². The summed E-state index contributed by atoms with van der Waals surface area (Å²) < 4.78 is 12.9. The van der Waals surface area contributed by atoms with Gasteiger partial charge in [0.05, 0.1) is 0 Å². The first kappa shape index (κ1) is 17.3. The van der Waals surface area contributed by atoms with Crippen LogP contribution in [-0.2, 0) is 19.2 Å². The molecule has 0 spiro atoms. The highest BCUT2D eigenvalue weighted by Gasteiger charge is 2.44. The molecule has 0 aromatic heterocycles. The van der Waals surface area contributed by atoms with Gasteiger partial charge in [0.1, 0.15) is 11.7 Å². The second-order valence-corrected chi connectivity index (χ2v) is 4.61. The molecule has 3 N–H and O–H groups in total. The van der Waals surface area contributed by atoms with Gasteiger partial charge in [-0.2, -0.15) is 0 Å². The molecule has 0 aliphatic carbocycles. The molecule has 22 heavy (non-hydrogen) atoms. The lowest BCUT2D eigenvalue weighted by Crippen LogP contribution is -2.48. The second-order valence-electron chi connectivity index (χ2n) is 4.61. The Kier molecular flexibility index (Phi) is 5.73. The van der Waals surface area contributed by atoms with Gasteiger partial charge in [0.2, 0.25) is 18.2 Å². The van der Waals surface area contributed by atoms with E-state index in [1.54, 1.807) is 0 Å². The van der Waals surface area contributed by atoms with Crippen LogP contribution in [0.15, 0.2) is 24.3 Å². The highest BCUT2D eigenvalue weighted by Crippen LogP contribution is 2.34. The highest BCUT2D eigenvalue weighted by atomic mass is 19.1. The molecule has 118 valence electrons. The van der Waals surface area contributed by atoms with Gasteiger partial charge >= 0.3 is 5.97 Å². The van der Waals surface area contributed by atoms with Gasteiger partial charge in [0.15, 0.2) is 0 Å². The Balaban J connectivity index is 0.000000745. The smallest absolute Gasteiger partial charge is 0.316 e. The molecule has 1 aromatic carbocycles. The van der Waals surface area contributed by atoms with Crippen LogP contribution < -0.4 is 5.73 Å². The summed E-state index contributed by atoms with van der Waals surface area (Å²) in [6, 6.07) is 5.17. The number of imide groups is 1. The number of carbonyl (C=O) groups excluding carboxylic acids is 3. The molecule has 0 bridgehead atoms. The zero-order valence-corrected chi connectivity index (χ0v) is 11.7. The number of rotatable bonds is 2. The van der Waals surface area contributed by atoms with Crippen molar-refractivity contribution in [1.82, 2.24) is 4.90 Å². The maximum Gasteiger partial charge on any atom is 0.316 e. The molecular weight excluding hydrogens is 295 g/mol. The Morgan fingerprint density at radius 2 is 1.86 bits per heavy atom. The van der Waals surface area contributed by atoms with Crippen molar-refractivity contribution in [2.24, 2.45) is 11.7 Å². The lowest BCUT2D eigenvalue weighted by molar-refractivity contribution is -0.159. The number of likely N-dealkylation sites (tertiary alicyclic amines) is 1. The van der Waals surface area contributed by atoms with Crippen molar-refractivity contribution >= 4 is 24.2 Å². The van der Waals surface area contributed by atoms with Gasteiger partial charge in [-0.15, -0.1) is 0 Å². The fourth-order valence-electron chi connectivity index (χ4n) is 2.24. The van der Waals surface area contributed by atoms with Gasteiger partial charge in [-0.1, -0.05) is 12.1 Å². The minimum Gasteiger partial charge on any atom is -0.481 e. The zero-order valence-electron chi connectivity index (χ0n) is 11.7. The summed E-state index contributed by atoms with van der Waals surface area (Å²) in [7, 11) is 1.27. The van der Waals surface area contributed by atoms with E-state index in [1.807, 2.05) is 0 Å². The fraction of sp³-hybridized carbons (Fsp3) is 0.286. The van der Waals surface area contributed by atoms with E-state index < -0.39 is 35.4 Å². The average molecular weight is 310 g/mol. The maximum absolute atomic E-state index is 12.9. The lowest BCUT2D eigenvalue weighted by atomic mass is 9.79. The van der Waals surface area contributed by atoms with Crippen molar-refractivity contribution < 1.29 is 28.7 Å². The number of carboxylic acid groups (broad SMARTS) is 1. The maximum atomic E-state index is 12.9. The normalized spacial score (nSPS) is 20.9. The number of carbonyl (C=O) groups is 4. The number of hydrogen-bond acceptors (Lipinski definition) is 4. The summed E-state index contributed by atoms with van der Waals surface area (Å²) in [4.78, 5) is 44.2. The van der Waals surface area contributed by atoms with Gasteiger partial charge in [0.25, 0.3) is 0 Å². The molecule has 2 rings (SSSR count). The van der Waals surface area contributed by atoms with Crippen molar-refractivity contribution in [2.45, 2.75) is 12.3 Å². The minimum absolute atomic E-state index is 0.0785. The minimum atomic E-state index is -1.31. The van der Waals surface area contributed by atoms with E-state index >= 15 is 0 Å². The van der Waals surface area contributed by atoms with Crippen molar-refractivity contribution in [3.8, 4) is 0 Å². The van der Waals surface area contributed by atoms with Crippen LogP contribution in [0, 0.1) is 11.7 Å². The van der Waals surface area contributed by atoms with E-state index in [9.17, 15) is 18.8 Å². The van der Waals surface area contributed by atoms with Crippen LogP contribution in [0.3, 0.4) is 0 Å². The Hall–Kier alpha value is -2.77. The third-order valence-electron chi connectivity index (χ3n) is 3.33. The summed E-state index contributed by atoms with van der Waals surface area (Å²) in [5.74, 6) is -4.97. The molecule has 7 nitrogen and oxygen atoms in total. The van der Waals surface area contributed by atoms with Crippen molar-refractivity contribution in [3.05, 3.63) is 35.6 Å². The van der Waals surface area contributed by atoms with Gasteiger partial charge in [0, 0.05) is 19.4 Å². The first-order valence-corrected chi connectivity index (χ1v) is 6.27. The molecule has 8 heteroatoms. The summed E-state index contributed by atoms with van der Waals surface area (Å²) in [6.07, 6.45) is 0.171. The molecule has 3 amide bonds. The second kappa shape index (κ2) is 7.30. The van der Waals surface area contributed by atoms with Crippen molar-refractivity contribution in [2.75, 3.05) is 7.05 Å². The zero-order chi connectivity index (χ0) is 16.9. The molecule has 1 heterocycles. The number of hydrogen-bond donors (Lipinski definition) is 2. The number of nitrogens with zero attached hydrogens (tertiary/aromatic N) is 1. The van der Waals surface area contributed by atoms with Crippen LogP contribution in [-0.4, -0.2) is 41.2 Å². The van der Waals surface area contributed by atoms with E-state index in [2.05, 4.69) is 5.73 Å². The SMILES string of the molecule is CN1C(=O)CC(c2ccc(F)cc2)C(C(=O)O)C1=O.NC=O. The van der Waals surface area contributed by atoms with Crippen LogP contribution >= 0.6 is 0 Å². The van der Waals surface area contributed by atoms with Crippen LogP contribution in [0.4, 0.5) is 4.39 Å². The number of piperidine rings is 1. The number of nitrogens with two attached hydrogens (primary N) is 1. The van der Waals surface area contributed by atoms with Crippen LogP contribution in [0.1, 0.15) is 17.9 Å². The van der Waals surface area contributed by atoms with E-state index in [1.165, 1.54) is 31.3 Å². The molecule has 0 radical (unpaired) electrons. The van der Waals surface area contributed by atoms with Crippen molar-refractivity contribution in [3.63, 3.8) is 0 Å². The monoisotopic (exact) mass is 310 g/mol. The molecule has 2 atom stereocenters. The highest BCUT2D eigenvalue weighted by molar-refractivity contribution is 6.08. The molecule has 2 unspecified atom stereocenters. The number of halogens is 1. The number of aliphatic carboxylic acids is 1. The largest absolute Gasteiger partial charge is 0.481 e. The third-order valence-corrected chi connectivity index (χ3v) is 3.33. The third kappa shape index (κ3) is 3.66. The van der Waals surface area contributed by atoms with Crippen molar-refractivity contribution in [1.29, 1.82) is 0 Å². The van der Waals surface area contributed by atoms with E-state index in [0.717, 1.165) is 4.90 Å². The standard InChI is InChI=1S/C13H12FNO4.CH3NO/c1-15-10(16)6-9(11(12(15)17)13(18)19)7-2-4-8(14)5-3-7;2-1-3/h2-5,9,11H,6H2,1H3,(H,18,19);1H,(H2,2,3). The Morgan fingerprint density at radius 3 is 2.32 bits per heavy atom. The van der Waals surface area contributed by atoms with Crippen LogP contribution in [0.2, 0.25) is 0 Å². The molecular formula is C14H15FN2O5. The Bertz CT molecular complexity index is 587.